The van der Waals surface area contributed by atoms with Gasteiger partial charge in [0.15, 0.2) is 0 Å². The largest absolute Gasteiger partial charge is 0.497 e. The van der Waals surface area contributed by atoms with Crippen LogP contribution in [0.1, 0.15) is 38.1 Å². The lowest BCUT2D eigenvalue weighted by atomic mass is 10.1. The van der Waals surface area contributed by atoms with E-state index in [1.54, 1.807) is 7.11 Å². The van der Waals surface area contributed by atoms with Crippen LogP contribution in [0.15, 0.2) is 42.5 Å². The normalized spacial score (nSPS) is 12.1. The third-order valence-electron chi connectivity index (χ3n) is 5.20. The third-order valence-corrected chi connectivity index (χ3v) is 6.38. The first-order valence-electron chi connectivity index (χ1n) is 9.93. The lowest BCUT2D eigenvalue weighted by molar-refractivity contribution is 0.0945. The van der Waals surface area contributed by atoms with Gasteiger partial charge in [-0.3, -0.25) is 4.79 Å². The second-order valence-corrected chi connectivity index (χ2v) is 8.71. The molecule has 2 aromatic carbocycles. The maximum absolute atomic E-state index is 12.9. The van der Waals surface area contributed by atoms with Crippen molar-refractivity contribution >= 4 is 17.2 Å². The summed E-state index contributed by atoms with van der Waals surface area (Å²) in [6.45, 7) is 6.56. The van der Waals surface area contributed by atoms with Crippen molar-refractivity contribution in [1.82, 2.24) is 15.2 Å². The highest BCUT2D eigenvalue weighted by Gasteiger charge is 2.20. The molecule has 5 nitrogen and oxygen atoms in total. The smallest absolute Gasteiger partial charge is 0.263 e. The van der Waals surface area contributed by atoms with Crippen molar-refractivity contribution < 1.29 is 9.53 Å². The molecule has 158 valence electrons. The highest BCUT2D eigenvalue weighted by atomic mass is 32.1. The van der Waals surface area contributed by atoms with Crippen molar-refractivity contribution in [1.29, 1.82) is 0 Å². The molecule has 1 atom stereocenters. The van der Waals surface area contributed by atoms with Crippen molar-refractivity contribution in [3.8, 4) is 16.3 Å². The number of aromatic nitrogens is 1. The Morgan fingerprint density at radius 3 is 2.43 bits per heavy atom. The second kappa shape index (κ2) is 9.41. The molecule has 1 N–H and O–H groups in total. The van der Waals surface area contributed by atoms with Gasteiger partial charge >= 0.3 is 0 Å². The number of aryl methyl sites for hydroxylation is 3. The van der Waals surface area contributed by atoms with E-state index in [0.717, 1.165) is 27.6 Å². The summed E-state index contributed by atoms with van der Waals surface area (Å²) >= 11 is 1.45. The quantitative estimate of drug-likeness (QED) is 0.594. The minimum atomic E-state index is -0.0821. The van der Waals surface area contributed by atoms with E-state index in [1.807, 2.05) is 45.3 Å². The van der Waals surface area contributed by atoms with Crippen LogP contribution >= 0.6 is 11.3 Å². The number of hydrogen-bond acceptors (Lipinski definition) is 5. The molecule has 1 unspecified atom stereocenters. The molecule has 0 spiro atoms. The Morgan fingerprint density at radius 1 is 1.13 bits per heavy atom. The maximum Gasteiger partial charge on any atom is 0.263 e. The number of amides is 1. The Bertz CT molecular complexity index is 1030. The van der Waals surface area contributed by atoms with E-state index in [-0.39, 0.29) is 11.9 Å². The van der Waals surface area contributed by atoms with Gasteiger partial charge in [-0.1, -0.05) is 35.9 Å². The number of benzene rings is 2. The molecule has 0 saturated heterocycles. The summed E-state index contributed by atoms with van der Waals surface area (Å²) in [4.78, 5) is 20.4. The Morgan fingerprint density at radius 2 is 1.83 bits per heavy atom. The van der Waals surface area contributed by atoms with E-state index >= 15 is 0 Å². The molecule has 1 amide bonds. The Labute approximate surface area is 182 Å². The first kappa shape index (κ1) is 22.0. The lowest BCUT2D eigenvalue weighted by Crippen LogP contribution is -2.34. The molecular weight excluding hydrogens is 394 g/mol. The number of carbonyl (C=O) groups is 1. The molecule has 0 fully saturated rings. The van der Waals surface area contributed by atoms with Gasteiger partial charge in [0.05, 0.1) is 18.8 Å². The summed E-state index contributed by atoms with van der Waals surface area (Å²) < 4.78 is 5.24. The molecule has 0 saturated carbocycles. The summed E-state index contributed by atoms with van der Waals surface area (Å²) in [6, 6.07) is 14.3. The number of thiazole rings is 1. The van der Waals surface area contributed by atoms with E-state index in [0.29, 0.717) is 11.4 Å². The lowest BCUT2D eigenvalue weighted by Gasteiger charge is -2.25. The first-order chi connectivity index (χ1) is 14.3. The predicted molar refractivity (Wildman–Crippen MR) is 124 cm³/mol. The number of carbonyl (C=O) groups excluding carboxylic acids is 1. The van der Waals surface area contributed by atoms with E-state index in [1.165, 1.54) is 22.5 Å². The topological polar surface area (TPSA) is 54.5 Å². The fourth-order valence-corrected chi connectivity index (χ4v) is 4.54. The van der Waals surface area contributed by atoms with Crippen LogP contribution in [-0.2, 0) is 0 Å². The average molecular weight is 424 g/mol. The maximum atomic E-state index is 12.9. The first-order valence-corrected chi connectivity index (χ1v) is 10.8. The second-order valence-electron chi connectivity index (χ2n) is 7.71. The molecule has 3 rings (SSSR count). The van der Waals surface area contributed by atoms with Crippen LogP contribution in [0.4, 0.5) is 0 Å². The molecule has 0 aliphatic heterocycles. The Balaban J connectivity index is 1.75. The molecular formula is C24H29N3O2S. The fourth-order valence-electron chi connectivity index (χ4n) is 3.47. The number of nitrogens with zero attached hydrogens (tertiary/aromatic N) is 2. The van der Waals surface area contributed by atoms with E-state index in [2.05, 4.69) is 47.2 Å². The minimum absolute atomic E-state index is 0.0619. The van der Waals surface area contributed by atoms with Crippen LogP contribution in [0.3, 0.4) is 0 Å². The summed E-state index contributed by atoms with van der Waals surface area (Å²) in [5.74, 6) is 0.737. The summed E-state index contributed by atoms with van der Waals surface area (Å²) in [5.41, 5.74) is 5.35. The zero-order valence-corrected chi connectivity index (χ0v) is 19.3. The van der Waals surface area contributed by atoms with Crippen molar-refractivity contribution in [2.75, 3.05) is 27.7 Å². The minimum Gasteiger partial charge on any atom is -0.497 e. The van der Waals surface area contributed by atoms with E-state index in [4.69, 9.17) is 4.74 Å². The molecule has 1 aromatic heterocycles. The fraction of sp³-hybridized carbons (Fsp3) is 0.333. The van der Waals surface area contributed by atoms with Gasteiger partial charge in [0.1, 0.15) is 15.6 Å². The van der Waals surface area contributed by atoms with Crippen LogP contribution in [0.5, 0.6) is 5.75 Å². The molecule has 30 heavy (non-hydrogen) atoms. The predicted octanol–water partition coefficient (Wildman–Crippen LogP) is 4.78. The summed E-state index contributed by atoms with van der Waals surface area (Å²) in [5, 5.41) is 3.98. The highest BCUT2D eigenvalue weighted by molar-refractivity contribution is 7.17. The summed E-state index contributed by atoms with van der Waals surface area (Å²) in [6.07, 6.45) is 0. The van der Waals surface area contributed by atoms with Crippen LogP contribution < -0.4 is 10.1 Å². The highest BCUT2D eigenvalue weighted by Crippen LogP contribution is 2.31. The van der Waals surface area contributed by atoms with Crippen LogP contribution in [0.25, 0.3) is 10.6 Å². The van der Waals surface area contributed by atoms with Crippen molar-refractivity contribution in [2.45, 2.75) is 26.8 Å². The summed E-state index contributed by atoms with van der Waals surface area (Å²) in [7, 11) is 5.68. The number of ether oxygens (including phenoxy) is 1. The molecule has 3 aromatic rings. The third kappa shape index (κ3) is 4.89. The molecule has 0 radical (unpaired) electrons. The SMILES string of the molecule is COc1ccc(C(CNC(=O)c2sc(-c3ccc(C)cc3C)nc2C)N(C)C)cc1. The monoisotopic (exact) mass is 423 g/mol. The van der Waals surface area contributed by atoms with Crippen LogP contribution in [0.2, 0.25) is 0 Å². The van der Waals surface area contributed by atoms with Gasteiger partial charge in [0.2, 0.25) is 0 Å². The van der Waals surface area contributed by atoms with Gasteiger partial charge in [0.25, 0.3) is 5.91 Å². The zero-order valence-electron chi connectivity index (χ0n) is 18.4. The van der Waals surface area contributed by atoms with Crippen molar-refractivity contribution in [3.63, 3.8) is 0 Å². The zero-order chi connectivity index (χ0) is 21.8. The average Bonchev–Trinajstić information content (AvgIpc) is 3.09. The van der Waals surface area contributed by atoms with E-state index in [9.17, 15) is 4.79 Å². The number of nitrogens with one attached hydrogen (secondary N) is 1. The molecule has 0 bridgehead atoms. The standard InChI is InChI=1S/C24H29N3O2S/c1-15-7-12-20(16(2)13-15)24-26-17(3)22(30-24)23(28)25-14-21(27(4)5)18-8-10-19(29-6)11-9-18/h7-13,21H,14H2,1-6H3,(H,25,28). The van der Waals surface area contributed by atoms with E-state index < -0.39 is 0 Å². The van der Waals surface area contributed by atoms with Gasteiger partial charge in [-0.15, -0.1) is 11.3 Å². The molecule has 1 heterocycles. The van der Waals surface area contributed by atoms with Crippen LogP contribution in [0, 0.1) is 20.8 Å². The number of methoxy groups -OCH3 is 1. The molecule has 6 heteroatoms. The van der Waals surface area contributed by atoms with Crippen molar-refractivity contribution in [2.24, 2.45) is 0 Å². The number of rotatable bonds is 7. The molecule has 0 aliphatic rings. The number of likely N-dealkylation sites (N-methyl/N-ethyl adjacent to an activating group) is 1. The number of hydrogen-bond donors (Lipinski definition) is 1. The van der Waals surface area contributed by atoms with Gasteiger partial charge in [-0.25, -0.2) is 4.98 Å². The Hall–Kier alpha value is -2.70. The van der Waals surface area contributed by atoms with Gasteiger partial charge in [-0.2, -0.15) is 0 Å². The molecule has 0 aliphatic carbocycles. The van der Waals surface area contributed by atoms with Crippen molar-refractivity contribution in [3.05, 3.63) is 69.7 Å². The van der Waals surface area contributed by atoms with Gasteiger partial charge in [-0.05, 0) is 58.1 Å². The van der Waals surface area contributed by atoms with Gasteiger partial charge < -0.3 is 15.0 Å². The van der Waals surface area contributed by atoms with Crippen LogP contribution in [-0.4, -0.2) is 43.5 Å². The Kier molecular flexibility index (Phi) is 6.90. The van der Waals surface area contributed by atoms with Gasteiger partial charge in [0, 0.05) is 12.1 Å².